The molecule has 0 unspecified atom stereocenters. The highest BCUT2D eigenvalue weighted by Crippen LogP contribution is 2.25. The van der Waals surface area contributed by atoms with Crippen LogP contribution in [0.15, 0.2) is 65.8 Å². The third kappa shape index (κ3) is 4.45. The van der Waals surface area contributed by atoms with E-state index in [1.54, 1.807) is 36.4 Å². The fourth-order valence-corrected chi connectivity index (χ4v) is 2.63. The molecular weight excluding hydrogens is 358 g/mol. The number of fused-ring (bicyclic) bond motifs is 1. The summed E-state index contributed by atoms with van der Waals surface area (Å²) in [6.07, 6.45) is 1.38. The lowest BCUT2D eigenvalue weighted by atomic mass is 10.0. The first-order valence-electron chi connectivity index (χ1n) is 8.53. The van der Waals surface area contributed by atoms with Crippen LogP contribution < -0.4 is 15.5 Å². The van der Waals surface area contributed by atoms with E-state index in [0.29, 0.717) is 16.9 Å². The summed E-state index contributed by atoms with van der Waals surface area (Å²) in [4.78, 5) is 23.9. The zero-order chi connectivity index (χ0) is 19.9. The molecule has 0 radical (unpaired) electrons. The molecule has 142 valence electrons. The first-order chi connectivity index (χ1) is 13.6. The number of nitrogens with one attached hydrogen (secondary N) is 2. The van der Waals surface area contributed by atoms with Gasteiger partial charge in [0.25, 0.3) is 11.8 Å². The van der Waals surface area contributed by atoms with Crippen LogP contribution in [0.5, 0.6) is 11.5 Å². The van der Waals surface area contributed by atoms with Crippen molar-refractivity contribution in [2.24, 2.45) is 5.10 Å². The molecule has 0 aliphatic heterocycles. The van der Waals surface area contributed by atoms with Crippen LogP contribution >= 0.6 is 0 Å². The van der Waals surface area contributed by atoms with Crippen molar-refractivity contribution in [1.29, 1.82) is 0 Å². The van der Waals surface area contributed by atoms with Gasteiger partial charge in [-0.1, -0.05) is 30.3 Å². The Balaban J connectivity index is 1.57. The molecule has 3 rings (SSSR count). The van der Waals surface area contributed by atoms with Crippen molar-refractivity contribution in [3.63, 3.8) is 0 Å². The van der Waals surface area contributed by atoms with Crippen molar-refractivity contribution in [3.05, 3.63) is 71.8 Å². The van der Waals surface area contributed by atoms with Crippen molar-refractivity contribution < 1.29 is 19.4 Å². The van der Waals surface area contributed by atoms with Crippen molar-refractivity contribution in [2.75, 3.05) is 13.7 Å². The van der Waals surface area contributed by atoms with Crippen LogP contribution in [0.1, 0.15) is 15.9 Å². The van der Waals surface area contributed by atoms with E-state index in [0.717, 1.165) is 10.8 Å². The molecule has 0 aliphatic rings. The number of hydrogen-bond donors (Lipinski definition) is 3. The minimum atomic E-state index is -0.488. The minimum absolute atomic E-state index is 0.0597. The number of hydrogen-bond acceptors (Lipinski definition) is 5. The Labute approximate surface area is 161 Å². The molecule has 3 aromatic carbocycles. The summed E-state index contributed by atoms with van der Waals surface area (Å²) in [7, 11) is 1.54. The van der Waals surface area contributed by atoms with Crippen LogP contribution in [0.4, 0.5) is 0 Å². The summed E-state index contributed by atoms with van der Waals surface area (Å²) >= 11 is 0. The molecule has 28 heavy (non-hydrogen) atoms. The number of rotatable bonds is 6. The topological polar surface area (TPSA) is 100 Å². The number of methoxy groups -OCH3 is 1. The van der Waals surface area contributed by atoms with E-state index in [1.807, 2.05) is 24.3 Å². The van der Waals surface area contributed by atoms with Gasteiger partial charge in [-0.05, 0) is 41.1 Å². The van der Waals surface area contributed by atoms with Crippen LogP contribution in [0.25, 0.3) is 10.8 Å². The number of amides is 2. The number of hydrazone groups is 1. The average molecular weight is 377 g/mol. The number of benzene rings is 3. The molecule has 0 bridgehead atoms. The molecule has 7 heteroatoms. The zero-order valence-electron chi connectivity index (χ0n) is 15.2. The molecule has 2 amide bonds. The van der Waals surface area contributed by atoms with Crippen LogP contribution in [-0.4, -0.2) is 36.8 Å². The van der Waals surface area contributed by atoms with Gasteiger partial charge in [-0.15, -0.1) is 0 Å². The van der Waals surface area contributed by atoms with Crippen LogP contribution in [0, 0.1) is 0 Å². The summed E-state index contributed by atoms with van der Waals surface area (Å²) in [6.45, 7) is -0.232. The highest BCUT2D eigenvalue weighted by Gasteiger charge is 2.08. The fraction of sp³-hybridized carbons (Fsp3) is 0.0952. The predicted octanol–water partition coefficient (Wildman–Crippen LogP) is 2.43. The standard InChI is InChI=1S/C21H19N3O4/c1-28-16-9-6-15(7-10-16)21(27)22-13-20(26)24-23-12-18-17-5-3-2-4-14(17)8-11-19(18)25/h2-12,25H,13H2,1H3,(H,22,27)(H,24,26)/b23-12-. The van der Waals surface area contributed by atoms with Gasteiger partial charge in [0.05, 0.1) is 19.9 Å². The highest BCUT2D eigenvalue weighted by molar-refractivity contribution is 6.02. The molecule has 7 nitrogen and oxygen atoms in total. The molecule has 0 atom stereocenters. The Hall–Kier alpha value is -3.87. The second-order valence-corrected chi connectivity index (χ2v) is 5.92. The van der Waals surface area contributed by atoms with E-state index < -0.39 is 5.91 Å². The summed E-state index contributed by atoms with van der Waals surface area (Å²) in [5.41, 5.74) is 3.25. The number of phenols is 1. The Kier molecular flexibility index (Phi) is 5.86. The normalized spacial score (nSPS) is 10.8. The summed E-state index contributed by atoms with van der Waals surface area (Å²) in [5, 5.41) is 18.2. The third-order valence-electron chi connectivity index (χ3n) is 4.09. The van der Waals surface area contributed by atoms with Crippen LogP contribution in [0.3, 0.4) is 0 Å². The van der Waals surface area contributed by atoms with Gasteiger partial charge in [-0.2, -0.15) is 5.10 Å². The van der Waals surface area contributed by atoms with Crippen molar-refractivity contribution in [2.45, 2.75) is 0 Å². The maximum Gasteiger partial charge on any atom is 0.259 e. The van der Waals surface area contributed by atoms with E-state index >= 15 is 0 Å². The quantitative estimate of drug-likeness (QED) is 0.454. The number of aromatic hydroxyl groups is 1. The molecule has 0 fully saturated rings. The Morgan fingerprint density at radius 3 is 2.57 bits per heavy atom. The van der Waals surface area contributed by atoms with Gasteiger partial charge in [-0.25, -0.2) is 5.43 Å². The monoisotopic (exact) mass is 377 g/mol. The smallest absolute Gasteiger partial charge is 0.259 e. The van der Waals surface area contributed by atoms with Crippen molar-refractivity contribution in [3.8, 4) is 11.5 Å². The maximum absolute atomic E-state index is 12.0. The summed E-state index contributed by atoms with van der Waals surface area (Å²) in [5.74, 6) is -0.170. The van der Waals surface area contributed by atoms with E-state index in [1.165, 1.54) is 13.3 Å². The average Bonchev–Trinajstić information content (AvgIpc) is 2.73. The predicted molar refractivity (Wildman–Crippen MR) is 107 cm³/mol. The van der Waals surface area contributed by atoms with E-state index in [9.17, 15) is 14.7 Å². The second-order valence-electron chi connectivity index (χ2n) is 5.92. The zero-order valence-corrected chi connectivity index (χ0v) is 15.2. The van der Waals surface area contributed by atoms with Gasteiger partial charge in [0, 0.05) is 11.1 Å². The third-order valence-corrected chi connectivity index (χ3v) is 4.09. The van der Waals surface area contributed by atoms with Gasteiger partial charge in [0.2, 0.25) is 0 Å². The fourth-order valence-electron chi connectivity index (χ4n) is 2.63. The van der Waals surface area contributed by atoms with Gasteiger partial charge in [0.15, 0.2) is 0 Å². The maximum atomic E-state index is 12.0. The van der Waals surface area contributed by atoms with E-state index in [4.69, 9.17) is 4.74 Å². The number of nitrogens with zero attached hydrogens (tertiary/aromatic N) is 1. The molecule has 0 aliphatic carbocycles. The Morgan fingerprint density at radius 1 is 1.07 bits per heavy atom. The molecule has 0 saturated heterocycles. The first-order valence-corrected chi connectivity index (χ1v) is 8.53. The van der Waals surface area contributed by atoms with Crippen LogP contribution in [-0.2, 0) is 4.79 Å². The van der Waals surface area contributed by atoms with Crippen molar-refractivity contribution >= 4 is 28.8 Å². The van der Waals surface area contributed by atoms with Crippen LogP contribution in [0.2, 0.25) is 0 Å². The lowest BCUT2D eigenvalue weighted by molar-refractivity contribution is -0.120. The molecule has 0 aromatic heterocycles. The van der Waals surface area contributed by atoms with Gasteiger partial charge >= 0.3 is 0 Å². The highest BCUT2D eigenvalue weighted by atomic mass is 16.5. The molecular formula is C21H19N3O4. The first kappa shape index (κ1) is 18.9. The Bertz CT molecular complexity index is 1030. The second kappa shape index (κ2) is 8.68. The number of carbonyl (C=O) groups excluding carboxylic acids is 2. The number of phenolic OH excluding ortho intramolecular Hbond substituents is 1. The van der Waals surface area contributed by atoms with Gasteiger partial charge in [-0.3, -0.25) is 9.59 Å². The molecule has 0 saturated carbocycles. The number of ether oxygens (including phenoxy) is 1. The number of carbonyl (C=O) groups is 2. The largest absolute Gasteiger partial charge is 0.507 e. The molecule has 3 N–H and O–H groups in total. The molecule has 3 aromatic rings. The van der Waals surface area contributed by atoms with E-state index in [-0.39, 0.29) is 18.2 Å². The van der Waals surface area contributed by atoms with Gasteiger partial charge in [0.1, 0.15) is 11.5 Å². The van der Waals surface area contributed by atoms with Crippen molar-refractivity contribution in [1.82, 2.24) is 10.7 Å². The lowest BCUT2D eigenvalue weighted by Gasteiger charge is -2.06. The lowest BCUT2D eigenvalue weighted by Crippen LogP contribution is -2.34. The Morgan fingerprint density at radius 2 is 1.82 bits per heavy atom. The SMILES string of the molecule is COc1ccc(C(=O)NCC(=O)N/N=C\c2c(O)ccc3ccccc23)cc1. The molecule has 0 spiro atoms. The van der Waals surface area contributed by atoms with E-state index in [2.05, 4.69) is 15.8 Å². The van der Waals surface area contributed by atoms with Gasteiger partial charge < -0.3 is 15.2 Å². The minimum Gasteiger partial charge on any atom is -0.507 e. The molecule has 0 heterocycles. The summed E-state index contributed by atoms with van der Waals surface area (Å²) in [6, 6.07) is 17.4. The summed E-state index contributed by atoms with van der Waals surface area (Å²) < 4.78 is 5.03.